The van der Waals surface area contributed by atoms with E-state index >= 15 is 0 Å². The third kappa shape index (κ3) is 2.02. The minimum Gasteiger partial charge on any atom is -0.323 e. The molecule has 0 aliphatic rings. The van der Waals surface area contributed by atoms with Gasteiger partial charge in [-0.15, -0.1) is 0 Å². The van der Waals surface area contributed by atoms with Crippen LogP contribution in [0, 0.1) is 0 Å². The van der Waals surface area contributed by atoms with Gasteiger partial charge in [0.1, 0.15) is 5.69 Å². The Morgan fingerprint density at radius 3 is 2.89 bits per heavy atom. The molecule has 2 heterocycles. The molecule has 0 amide bonds. The molecule has 3 rings (SSSR count). The van der Waals surface area contributed by atoms with E-state index in [1.165, 1.54) is 10.9 Å². The average molecular weight is 275 g/mol. The number of fused-ring (bicyclic) bond motifs is 1. The van der Waals surface area contributed by atoms with Crippen molar-refractivity contribution in [3.05, 3.63) is 47.5 Å². The number of nitrogens with zero attached hydrogens (tertiary/aromatic N) is 4. The number of carbonyl (C=O) groups excluding carboxylic acids is 1. The molecule has 0 spiro atoms. The first-order valence-corrected chi connectivity index (χ1v) is 6.15. The van der Waals surface area contributed by atoms with Crippen LogP contribution in [0.3, 0.4) is 0 Å². The van der Waals surface area contributed by atoms with E-state index in [1.54, 1.807) is 17.9 Å². The van der Waals surface area contributed by atoms with Crippen molar-refractivity contribution in [2.24, 2.45) is 7.05 Å². The maximum absolute atomic E-state index is 12.3. The molecule has 0 N–H and O–H groups in total. The Balaban J connectivity index is 1.96. The molecule has 0 aliphatic carbocycles. The fourth-order valence-electron chi connectivity index (χ4n) is 2.09. The summed E-state index contributed by atoms with van der Waals surface area (Å²) in [5.74, 6) is -0.0897. The first kappa shape index (κ1) is 11.9. The maximum Gasteiger partial charge on any atom is 0.202 e. The minimum atomic E-state index is -0.0897. The van der Waals surface area contributed by atoms with Crippen molar-refractivity contribution < 1.29 is 4.79 Å². The molecule has 96 valence electrons. The Hall–Kier alpha value is -2.14. The molecule has 0 radical (unpaired) electrons. The Morgan fingerprint density at radius 1 is 1.37 bits per heavy atom. The van der Waals surface area contributed by atoms with E-state index in [-0.39, 0.29) is 12.3 Å². The highest BCUT2D eigenvalue weighted by Gasteiger charge is 2.16. The number of Topliss-reactive ketones (excluding diaryl/α,β-unsaturated/α-hetero) is 1. The number of imidazole rings is 1. The van der Waals surface area contributed by atoms with Crippen molar-refractivity contribution in [2.75, 3.05) is 0 Å². The summed E-state index contributed by atoms with van der Waals surface area (Å²) in [6, 6.07) is 7.68. The van der Waals surface area contributed by atoms with E-state index in [9.17, 15) is 4.79 Å². The van der Waals surface area contributed by atoms with E-state index in [0.29, 0.717) is 10.7 Å². The van der Waals surface area contributed by atoms with E-state index in [4.69, 9.17) is 11.6 Å². The van der Waals surface area contributed by atoms with Crippen LogP contribution in [0.4, 0.5) is 0 Å². The smallest absolute Gasteiger partial charge is 0.202 e. The number of rotatable bonds is 3. The number of carbonyl (C=O) groups is 1. The molecule has 6 heteroatoms. The fourth-order valence-corrected chi connectivity index (χ4v) is 2.36. The van der Waals surface area contributed by atoms with E-state index in [1.807, 2.05) is 24.3 Å². The Bertz CT molecular complexity index is 739. The first-order valence-electron chi connectivity index (χ1n) is 5.77. The molecule has 0 aliphatic heterocycles. The largest absolute Gasteiger partial charge is 0.323 e. The number of ketones is 1. The summed E-state index contributed by atoms with van der Waals surface area (Å²) in [4.78, 5) is 16.5. The van der Waals surface area contributed by atoms with Crippen LogP contribution in [0.15, 0.2) is 36.8 Å². The fraction of sp³-hybridized carbons (Fsp3) is 0.154. The van der Waals surface area contributed by atoms with Crippen molar-refractivity contribution in [2.45, 2.75) is 6.54 Å². The van der Waals surface area contributed by atoms with Gasteiger partial charge >= 0.3 is 0 Å². The zero-order valence-corrected chi connectivity index (χ0v) is 11.0. The molecule has 0 saturated heterocycles. The van der Waals surface area contributed by atoms with Gasteiger partial charge < -0.3 is 4.57 Å². The van der Waals surface area contributed by atoms with Gasteiger partial charge in [-0.3, -0.25) is 9.48 Å². The summed E-state index contributed by atoms with van der Waals surface area (Å²) in [6.45, 7) is 0.194. The molecule has 5 nitrogen and oxygen atoms in total. The lowest BCUT2D eigenvalue weighted by Crippen LogP contribution is -2.14. The number of hydrogen-bond donors (Lipinski definition) is 0. The lowest BCUT2D eigenvalue weighted by molar-refractivity contribution is 0.0964. The molecule has 0 unspecified atom stereocenters. The lowest BCUT2D eigenvalue weighted by Gasteiger charge is -2.04. The summed E-state index contributed by atoms with van der Waals surface area (Å²) >= 11 is 5.97. The normalized spacial score (nSPS) is 11.1. The molecule has 0 fully saturated rings. The van der Waals surface area contributed by atoms with Gasteiger partial charge in [0.15, 0.2) is 0 Å². The summed E-state index contributed by atoms with van der Waals surface area (Å²) in [5.41, 5.74) is 2.21. The van der Waals surface area contributed by atoms with E-state index in [0.717, 1.165) is 11.0 Å². The van der Waals surface area contributed by atoms with Gasteiger partial charge in [0, 0.05) is 7.05 Å². The molecular formula is C13H11ClN4O. The number of aromatic nitrogens is 4. The number of halogens is 1. The molecule has 0 atom stereocenters. The third-order valence-corrected chi connectivity index (χ3v) is 3.28. The summed E-state index contributed by atoms with van der Waals surface area (Å²) in [5, 5.41) is 4.34. The quantitative estimate of drug-likeness (QED) is 0.689. The maximum atomic E-state index is 12.3. The second-order valence-electron chi connectivity index (χ2n) is 4.25. The van der Waals surface area contributed by atoms with Gasteiger partial charge in [0.2, 0.25) is 5.78 Å². The van der Waals surface area contributed by atoms with Crippen LogP contribution in [-0.4, -0.2) is 25.1 Å². The van der Waals surface area contributed by atoms with Gasteiger partial charge in [-0.2, -0.15) is 5.10 Å². The van der Waals surface area contributed by atoms with Gasteiger partial charge in [-0.05, 0) is 12.1 Å². The highest BCUT2D eigenvalue weighted by atomic mass is 35.5. The van der Waals surface area contributed by atoms with Crippen molar-refractivity contribution in [1.82, 2.24) is 19.3 Å². The van der Waals surface area contributed by atoms with Crippen LogP contribution >= 0.6 is 11.6 Å². The molecule has 19 heavy (non-hydrogen) atoms. The highest BCUT2D eigenvalue weighted by molar-refractivity contribution is 6.33. The molecule has 0 bridgehead atoms. The third-order valence-electron chi connectivity index (χ3n) is 3.00. The second-order valence-corrected chi connectivity index (χ2v) is 4.66. The predicted octanol–water partition coefficient (Wildman–Crippen LogP) is 2.31. The van der Waals surface area contributed by atoms with Crippen LogP contribution in [0.2, 0.25) is 5.02 Å². The van der Waals surface area contributed by atoms with Gasteiger partial charge in [0.25, 0.3) is 0 Å². The van der Waals surface area contributed by atoms with E-state index in [2.05, 4.69) is 10.1 Å². The molecule has 2 aromatic heterocycles. The molecular weight excluding hydrogens is 264 g/mol. The number of hydrogen-bond acceptors (Lipinski definition) is 3. The monoisotopic (exact) mass is 274 g/mol. The van der Waals surface area contributed by atoms with Crippen molar-refractivity contribution in [3.63, 3.8) is 0 Å². The molecule has 0 saturated carbocycles. The SMILES string of the molecule is Cn1ncc(Cl)c1C(=O)Cn1cnc2ccccc21. The molecule has 3 aromatic rings. The van der Waals surface area contributed by atoms with Crippen LogP contribution in [0.25, 0.3) is 11.0 Å². The summed E-state index contributed by atoms with van der Waals surface area (Å²) < 4.78 is 3.30. The Kier molecular flexibility index (Phi) is 2.83. The van der Waals surface area contributed by atoms with Crippen molar-refractivity contribution in [1.29, 1.82) is 0 Å². The predicted molar refractivity (Wildman–Crippen MR) is 72.3 cm³/mol. The average Bonchev–Trinajstić information content (AvgIpc) is 2.94. The number of benzene rings is 1. The Morgan fingerprint density at radius 2 is 2.16 bits per heavy atom. The van der Waals surface area contributed by atoms with Crippen LogP contribution < -0.4 is 0 Å². The molecule has 1 aromatic carbocycles. The van der Waals surface area contributed by atoms with Gasteiger partial charge in [-0.25, -0.2) is 4.98 Å². The van der Waals surface area contributed by atoms with Crippen LogP contribution in [0.1, 0.15) is 10.5 Å². The first-order chi connectivity index (χ1) is 9.16. The number of para-hydroxylation sites is 2. The Labute approximate surface area is 114 Å². The van der Waals surface area contributed by atoms with E-state index < -0.39 is 0 Å². The minimum absolute atomic E-state index is 0.0897. The zero-order valence-electron chi connectivity index (χ0n) is 10.2. The van der Waals surface area contributed by atoms with Crippen molar-refractivity contribution in [3.8, 4) is 0 Å². The summed E-state index contributed by atoms with van der Waals surface area (Å²) in [6.07, 6.45) is 3.13. The second kappa shape index (κ2) is 4.51. The zero-order chi connectivity index (χ0) is 13.4. The standard InChI is InChI=1S/C13H11ClN4O/c1-17-13(9(14)6-16-17)12(19)7-18-8-15-10-4-2-3-5-11(10)18/h2-6,8H,7H2,1H3. The number of aryl methyl sites for hydroxylation is 1. The van der Waals surface area contributed by atoms with Gasteiger partial charge in [-0.1, -0.05) is 23.7 Å². The topological polar surface area (TPSA) is 52.7 Å². The lowest BCUT2D eigenvalue weighted by atomic mass is 10.2. The summed E-state index contributed by atoms with van der Waals surface area (Å²) in [7, 11) is 1.70. The van der Waals surface area contributed by atoms with Crippen LogP contribution in [-0.2, 0) is 13.6 Å². The van der Waals surface area contributed by atoms with Gasteiger partial charge in [0.05, 0.1) is 35.1 Å². The highest BCUT2D eigenvalue weighted by Crippen LogP contribution is 2.17. The van der Waals surface area contributed by atoms with Crippen LogP contribution in [0.5, 0.6) is 0 Å². The van der Waals surface area contributed by atoms with Crippen molar-refractivity contribution >= 4 is 28.4 Å².